The van der Waals surface area contributed by atoms with E-state index in [2.05, 4.69) is 0 Å². The predicted molar refractivity (Wildman–Crippen MR) is 74.2 cm³/mol. The summed E-state index contributed by atoms with van der Waals surface area (Å²) in [7, 11) is 1.59. The molecular formula is C15H23NO2. The summed E-state index contributed by atoms with van der Waals surface area (Å²) in [6, 6.07) is 3.78. The van der Waals surface area contributed by atoms with Gasteiger partial charge in [-0.1, -0.05) is 19.9 Å². The highest BCUT2D eigenvalue weighted by Crippen LogP contribution is 2.26. The molecule has 0 spiro atoms. The Morgan fingerprint density at radius 2 is 1.94 bits per heavy atom. The SMILES string of the molecule is COc1cc(C)cc(C)c1C(=O)CC(N)C(C)C. The van der Waals surface area contributed by atoms with Gasteiger partial charge in [0.15, 0.2) is 5.78 Å². The number of hydrogen-bond donors (Lipinski definition) is 1. The molecule has 0 aromatic heterocycles. The van der Waals surface area contributed by atoms with Crippen molar-refractivity contribution in [2.45, 2.75) is 40.2 Å². The van der Waals surface area contributed by atoms with E-state index >= 15 is 0 Å². The maximum Gasteiger partial charge on any atom is 0.168 e. The first-order chi connectivity index (χ1) is 8.36. The summed E-state index contributed by atoms with van der Waals surface area (Å²) in [6.07, 6.45) is 0.359. The third kappa shape index (κ3) is 3.33. The molecule has 0 fully saturated rings. The summed E-state index contributed by atoms with van der Waals surface area (Å²) in [6.45, 7) is 7.97. The number of nitrogens with two attached hydrogens (primary N) is 1. The molecule has 0 amide bonds. The summed E-state index contributed by atoms with van der Waals surface area (Å²) in [5.41, 5.74) is 8.67. The fourth-order valence-electron chi connectivity index (χ4n) is 2.00. The van der Waals surface area contributed by atoms with Crippen LogP contribution in [0.25, 0.3) is 0 Å². The van der Waals surface area contributed by atoms with Gasteiger partial charge in [0, 0.05) is 12.5 Å². The lowest BCUT2D eigenvalue weighted by Crippen LogP contribution is -2.29. The molecule has 1 rings (SSSR count). The van der Waals surface area contributed by atoms with Gasteiger partial charge in [-0.25, -0.2) is 0 Å². The second-order valence-electron chi connectivity index (χ2n) is 5.19. The number of ether oxygens (including phenoxy) is 1. The van der Waals surface area contributed by atoms with Crippen LogP contribution in [0.1, 0.15) is 41.8 Å². The number of methoxy groups -OCH3 is 1. The highest BCUT2D eigenvalue weighted by molar-refractivity contribution is 6.00. The van der Waals surface area contributed by atoms with E-state index in [-0.39, 0.29) is 11.8 Å². The van der Waals surface area contributed by atoms with E-state index in [4.69, 9.17) is 10.5 Å². The van der Waals surface area contributed by atoms with Gasteiger partial charge in [-0.2, -0.15) is 0 Å². The molecule has 1 unspecified atom stereocenters. The average Bonchev–Trinajstić information content (AvgIpc) is 2.27. The largest absolute Gasteiger partial charge is 0.496 e. The van der Waals surface area contributed by atoms with E-state index in [9.17, 15) is 4.79 Å². The molecule has 1 atom stereocenters. The topological polar surface area (TPSA) is 52.3 Å². The van der Waals surface area contributed by atoms with Gasteiger partial charge < -0.3 is 10.5 Å². The van der Waals surface area contributed by atoms with Crippen LogP contribution in [0.4, 0.5) is 0 Å². The van der Waals surface area contributed by atoms with Crippen molar-refractivity contribution in [2.75, 3.05) is 7.11 Å². The van der Waals surface area contributed by atoms with E-state index in [1.54, 1.807) is 7.11 Å². The van der Waals surface area contributed by atoms with E-state index < -0.39 is 0 Å². The molecule has 3 nitrogen and oxygen atoms in total. The zero-order valence-electron chi connectivity index (χ0n) is 11.9. The summed E-state index contributed by atoms with van der Waals surface area (Å²) in [4.78, 5) is 12.3. The molecule has 0 aliphatic carbocycles. The number of rotatable bonds is 5. The Morgan fingerprint density at radius 1 is 1.33 bits per heavy atom. The van der Waals surface area contributed by atoms with Gasteiger partial charge in [-0.15, -0.1) is 0 Å². The highest BCUT2D eigenvalue weighted by atomic mass is 16.5. The number of ketones is 1. The number of Topliss-reactive ketones (excluding diaryl/α,β-unsaturated/α-hetero) is 1. The lowest BCUT2D eigenvalue weighted by Gasteiger charge is -2.17. The average molecular weight is 249 g/mol. The van der Waals surface area contributed by atoms with Crippen LogP contribution in [0.5, 0.6) is 5.75 Å². The number of benzene rings is 1. The number of carbonyl (C=O) groups is 1. The lowest BCUT2D eigenvalue weighted by molar-refractivity contribution is 0.0964. The van der Waals surface area contributed by atoms with E-state index in [0.29, 0.717) is 23.7 Å². The molecule has 0 saturated carbocycles. The molecule has 1 aromatic rings. The van der Waals surface area contributed by atoms with Gasteiger partial charge >= 0.3 is 0 Å². The van der Waals surface area contributed by atoms with Crippen molar-refractivity contribution in [3.63, 3.8) is 0 Å². The number of hydrogen-bond acceptors (Lipinski definition) is 3. The lowest BCUT2D eigenvalue weighted by atomic mass is 9.93. The van der Waals surface area contributed by atoms with Gasteiger partial charge in [0.25, 0.3) is 0 Å². The number of carbonyl (C=O) groups excluding carboxylic acids is 1. The van der Waals surface area contributed by atoms with Crippen LogP contribution in [0.3, 0.4) is 0 Å². The molecule has 2 N–H and O–H groups in total. The maximum absolute atomic E-state index is 12.3. The zero-order valence-corrected chi connectivity index (χ0v) is 11.9. The van der Waals surface area contributed by atoms with Crippen molar-refractivity contribution in [3.05, 3.63) is 28.8 Å². The first-order valence-electron chi connectivity index (χ1n) is 6.30. The molecule has 0 aliphatic rings. The first kappa shape index (κ1) is 14.7. The summed E-state index contributed by atoms with van der Waals surface area (Å²) >= 11 is 0. The molecule has 0 aliphatic heterocycles. The zero-order chi connectivity index (χ0) is 13.9. The van der Waals surface area contributed by atoms with Crippen LogP contribution in [0, 0.1) is 19.8 Å². The molecule has 0 radical (unpaired) electrons. The van der Waals surface area contributed by atoms with Crippen molar-refractivity contribution in [3.8, 4) is 5.75 Å². The molecule has 0 bridgehead atoms. The molecule has 3 heteroatoms. The smallest absolute Gasteiger partial charge is 0.168 e. The molecule has 18 heavy (non-hydrogen) atoms. The second kappa shape index (κ2) is 6.01. The van der Waals surface area contributed by atoms with Crippen LogP contribution in [0.15, 0.2) is 12.1 Å². The van der Waals surface area contributed by atoms with Gasteiger partial charge in [0.1, 0.15) is 5.75 Å². The first-order valence-corrected chi connectivity index (χ1v) is 6.30. The van der Waals surface area contributed by atoms with Crippen LogP contribution in [0.2, 0.25) is 0 Å². The minimum absolute atomic E-state index is 0.0607. The molecule has 100 valence electrons. The Balaban J connectivity index is 3.05. The van der Waals surface area contributed by atoms with Gasteiger partial charge in [0.2, 0.25) is 0 Å². The van der Waals surface area contributed by atoms with Crippen LogP contribution >= 0.6 is 0 Å². The second-order valence-corrected chi connectivity index (χ2v) is 5.19. The van der Waals surface area contributed by atoms with Crippen LogP contribution < -0.4 is 10.5 Å². The molecular weight excluding hydrogens is 226 g/mol. The summed E-state index contributed by atoms with van der Waals surface area (Å²) < 4.78 is 5.31. The maximum atomic E-state index is 12.3. The van der Waals surface area contributed by atoms with E-state index in [1.165, 1.54) is 0 Å². The Hall–Kier alpha value is -1.35. The quantitative estimate of drug-likeness (QED) is 0.816. The van der Waals surface area contributed by atoms with Crippen LogP contribution in [-0.4, -0.2) is 18.9 Å². The monoisotopic (exact) mass is 249 g/mol. The highest BCUT2D eigenvalue weighted by Gasteiger charge is 2.20. The standard InChI is InChI=1S/C15H23NO2/c1-9(2)12(16)8-13(17)15-11(4)6-10(3)7-14(15)18-5/h6-7,9,12H,8,16H2,1-5H3. The molecule has 0 heterocycles. The van der Waals surface area contributed by atoms with Crippen molar-refractivity contribution in [1.29, 1.82) is 0 Å². The minimum atomic E-state index is -0.108. The Morgan fingerprint density at radius 3 is 2.44 bits per heavy atom. The van der Waals surface area contributed by atoms with Crippen molar-refractivity contribution in [2.24, 2.45) is 11.7 Å². The fraction of sp³-hybridized carbons (Fsp3) is 0.533. The van der Waals surface area contributed by atoms with Gasteiger partial charge in [0.05, 0.1) is 12.7 Å². The Bertz CT molecular complexity index is 438. The van der Waals surface area contributed by atoms with Crippen molar-refractivity contribution < 1.29 is 9.53 Å². The third-order valence-corrected chi connectivity index (χ3v) is 3.22. The fourth-order valence-corrected chi connectivity index (χ4v) is 2.00. The summed E-state index contributed by atoms with van der Waals surface area (Å²) in [5, 5.41) is 0. The summed E-state index contributed by atoms with van der Waals surface area (Å²) in [5.74, 6) is 1.00. The minimum Gasteiger partial charge on any atom is -0.496 e. The third-order valence-electron chi connectivity index (χ3n) is 3.22. The molecule has 0 saturated heterocycles. The Kier molecular flexibility index (Phi) is 4.91. The van der Waals surface area contributed by atoms with E-state index in [1.807, 2.05) is 39.8 Å². The normalized spacial score (nSPS) is 12.6. The van der Waals surface area contributed by atoms with Gasteiger partial charge in [-0.05, 0) is 37.0 Å². The van der Waals surface area contributed by atoms with Gasteiger partial charge in [-0.3, -0.25) is 4.79 Å². The van der Waals surface area contributed by atoms with E-state index in [0.717, 1.165) is 11.1 Å². The van der Waals surface area contributed by atoms with Crippen molar-refractivity contribution >= 4 is 5.78 Å². The van der Waals surface area contributed by atoms with Crippen molar-refractivity contribution in [1.82, 2.24) is 0 Å². The Labute approximate surface area is 109 Å². The molecule has 1 aromatic carbocycles. The predicted octanol–water partition coefficient (Wildman–Crippen LogP) is 2.87. The van der Waals surface area contributed by atoms with Crippen LogP contribution in [-0.2, 0) is 0 Å². The number of aryl methyl sites for hydroxylation is 2.